The van der Waals surface area contributed by atoms with Crippen LogP contribution in [0.5, 0.6) is 0 Å². The van der Waals surface area contributed by atoms with Crippen molar-refractivity contribution < 1.29 is 9.59 Å². The molecule has 0 radical (unpaired) electrons. The van der Waals surface area contributed by atoms with E-state index in [0.717, 1.165) is 10.6 Å². The standard InChI is InChI=1S/C18H19N7O2/c1-3-18(13-9-20-23(2)10-13)16(26)24(17(27)21-18)11-15-19-12-25(22-15)14-7-5-4-6-8-14/h4-10,12H,3,11H2,1-2H3,(H,21,27). The van der Waals surface area contributed by atoms with E-state index in [4.69, 9.17) is 0 Å². The highest BCUT2D eigenvalue weighted by Crippen LogP contribution is 2.32. The zero-order chi connectivity index (χ0) is 19.0. The maximum atomic E-state index is 13.1. The highest BCUT2D eigenvalue weighted by molar-refractivity contribution is 6.07. The van der Waals surface area contributed by atoms with E-state index >= 15 is 0 Å². The van der Waals surface area contributed by atoms with Crippen LogP contribution < -0.4 is 5.32 Å². The van der Waals surface area contributed by atoms with Crippen molar-refractivity contribution in [2.24, 2.45) is 7.05 Å². The quantitative estimate of drug-likeness (QED) is 0.689. The Balaban J connectivity index is 1.59. The molecule has 2 aromatic heterocycles. The Kier molecular flexibility index (Phi) is 3.98. The molecule has 3 heterocycles. The van der Waals surface area contributed by atoms with Crippen LogP contribution in [0.4, 0.5) is 4.79 Å². The highest BCUT2D eigenvalue weighted by Gasteiger charge is 2.52. The van der Waals surface area contributed by atoms with Crippen molar-refractivity contribution in [1.82, 2.24) is 34.8 Å². The molecule has 1 saturated heterocycles. The summed E-state index contributed by atoms with van der Waals surface area (Å²) in [5.41, 5.74) is 0.413. The molecule has 9 heteroatoms. The first-order valence-electron chi connectivity index (χ1n) is 8.62. The third-order valence-electron chi connectivity index (χ3n) is 4.76. The summed E-state index contributed by atoms with van der Waals surface area (Å²) in [5.74, 6) is 0.0690. The lowest BCUT2D eigenvalue weighted by molar-refractivity contribution is -0.132. The van der Waals surface area contributed by atoms with Crippen LogP contribution in [0.1, 0.15) is 24.7 Å². The number of carbonyl (C=O) groups excluding carboxylic acids is 2. The molecule has 4 rings (SSSR count). The molecule has 1 fully saturated rings. The van der Waals surface area contributed by atoms with Crippen LogP contribution in [0.3, 0.4) is 0 Å². The molecule has 27 heavy (non-hydrogen) atoms. The summed E-state index contributed by atoms with van der Waals surface area (Å²) < 4.78 is 3.22. The van der Waals surface area contributed by atoms with Gasteiger partial charge < -0.3 is 5.32 Å². The van der Waals surface area contributed by atoms with Crippen molar-refractivity contribution in [3.05, 3.63) is 60.4 Å². The third kappa shape index (κ3) is 2.77. The van der Waals surface area contributed by atoms with Gasteiger partial charge in [-0.15, -0.1) is 5.10 Å². The maximum Gasteiger partial charge on any atom is 0.325 e. The predicted molar refractivity (Wildman–Crippen MR) is 95.6 cm³/mol. The molecule has 1 atom stereocenters. The first-order chi connectivity index (χ1) is 13.0. The highest BCUT2D eigenvalue weighted by atomic mass is 16.2. The topological polar surface area (TPSA) is 97.9 Å². The van der Waals surface area contributed by atoms with Gasteiger partial charge in [-0.3, -0.25) is 14.4 Å². The fraction of sp³-hybridized carbons (Fsp3) is 0.278. The van der Waals surface area contributed by atoms with Gasteiger partial charge in [0.25, 0.3) is 5.91 Å². The average molecular weight is 365 g/mol. The van der Waals surface area contributed by atoms with Gasteiger partial charge in [0.2, 0.25) is 0 Å². The van der Waals surface area contributed by atoms with Gasteiger partial charge in [0.1, 0.15) is 11.9 Å². The second-order valence-electron chi connectivity index (χ2n) is 6.42. The Labute approximate surface area is 155 Å². The summed E-state index contributed by atoms with van der Waals surface area (Å²) in [7, 11) is 1.77. The van der Waals surface area contributed by atoms with Crippen molar-refractivity contribution in [3.8, 4) is 5.69 Å². The first-order valence-corrected chi connectivity index (χ1v) is 8.62. The Morgan fingerprint density at radius 2 is 1.96 bits per heavy atom. The number of amides is 3. The first kappa shape index (κ1) is 17.0. The number of aromatic nitrogens is 5. The fourth-order valence-electron chi connectivity index (χ4n) is 3.27. The molecule has 1 N–H and O–H groups in total. The van der Waals surface area contributed by atoms with Crippen molar-refractivity contribution in [1.29, 1.82) is 0 Å². The van der Waals surface area contributed by atoms with E-state index in [1.165, 1.54) is 0 Å². The minimum absolute atomic E-state index is 0.00646. The van der Waals surface area contributed by atoms with Crippen molar-refractivity contribution in [2.75, 3.05) is 0 Å². The Morgan fingerprint density at radius 3 is 2.63 bits per heavy atom. The Hall–Kier alpha value is -3.49. The Bertz CT molecular complexity index is 994. The molecule has 1 aliphatic rings. The molecular formula is C18H19N7O2. The number of aryl methyl sites for hydroxylation is 1. The van der Waals surface area contributed by atoms with Crippen LogP contribution in [-0.4, -0.2) is 41.4 Å². The maximum absolute atomic E-state index is 13.1. The smallest absolute Gasteiger partial charge is 0.319 e. The molecule has 1 aromatic carbocycles. The minimum atomic E-state index is -1.10. The van der Waals surface area contributed by atoms with Crippen LogP contribution in [0.2, 0.25) is 0 Å². The van der Waals surface area contributed by atoms with Crippen LogP contribution in [0.15, 0.2) is 49.1 Å². The molecular weight excluding hydrogens is 346 g/mol. The zero-order valence-electron chi connectivity index (χ0n) is 15.0. The molecule has 0 bridgehead atoms. The van der Waals surface area contributed by atoms with Gasteiger partial charge in [-0.1, -0.05) is 25.1 Å². The number of hydrogen-bond donors (Lipinski definition) is 1. The average Bonchev–Trinajstić information content (AvgIpc) is 3.38. The molecule has 0 spiro atoms. The van der Waals surface area contributed by atoms with E-state index in [-0.39, 0.29) is 12.5 Å². The van der Waals surface area contributed by atoms with Gasteiger partial charge >= 0.3 is 6.03 Å². The van der Waals surface area contributed by atoms with Gasteiger partial charge in [-0.2, -0.15) is 5.10 Å². The fourth-order valence-corrected chi connectivity index (χ4v) is 3.27. The molecule has 0 saturated carbocycles. The van der Waals surface area contributed by atoms with Crippen molar-refractivity contribution >= 4 is 11.9 Å². The van der Waals surface area contributed by atoms with Gasteiger partial charge in [0.05, 0.1) is 18.4 Å². The van der Waals surface area contributed by atoms with E-state index in [1.54, 1.807) is 35.1 Å². The molecule has 138 valence electrons. The number of hydrogen-bond acceptors (Lipinski definition) is 5. The summed E-state index contributed by atoms with van der Waals surface area (Å²) in [6.07, 6.45) is 5.34. The van der Waals surface area contributed by atoms with E-state index in [9.17, 15) is 9.59 Å². The van der Waals surface area contributed by atoms with Crippen molar-refractivity contribution in [2.45, 2.75) is 25.4 Å². The van der Waals surface area contributed by atoms with Crippen LogP contribution in [0, 0.1) is 0 Å². The normalized spacial score (nSPS) is 19.6. The van der Waals surface area contributed by atoms with Crippen LogP contribution in [-0.2, 0) is 23.9 Å². The SMILES string of the molecule is CCC1(c2cnn(C)c2)NC(=O)N(Cc2ncn(-c3ccccc3)n2)C1=O. The van der Waals surface area contributed by atoms with Crippen LogP contribution in [0.25, 0.3) is 5.69 Å². The van der Waals surface area contributed by atoms with E-state index in [0.29, 0.717) is 17.8 Å². The molecule has 1 aliphatic heterocycles. The third-order valence-corrected chi connectivity index (χ3v) is 4.76. The second kappa shape index (κ2) is 6.35. The summed E-state index contributed by atoms with van der Waals surface area (Å²) in [6.45, 7) is 1.86. The summed E-state index contributed by atoms with van der Waals surface area (Å²) in [4.78, 5) is 31.0. The number of nitrogens with one attached hydrogen (secondary N) is 1. The zero-order valence-corrected chi connectivity index (χ0v) is 15.0. The molecule has 1 unspecified atom stereocenters. The van der Waals surface area contributed by atoms with Crippen LogP contribution >= 0.6 is 0 Å². The molecule has 0 aliphatic carbocycles. The van der Waals surface area contributed by atoms with E-state index in [1.807, 2.05) is 37.3 Å². The summed E-state index contributed by atoms with van der Waals surface area (Å²) in [5, 5.41) is 11.3. The number of rotatable bonds is 5. The number of nitrogens with zero attached hydrogens (tertiary/aromatic N) is 6. The lowest BCUT2D eigenvalue weighted by atomic mass is 9.89. The van der Waals surface area contributed by atoms with Gasteiger partial charge in [0.15, 0.2) is 5.82 Å². The number of para-hydroxylation sites is 1. The number of imide groups is 1. The summed E-state index contributed by atoms with van der Waals surface area (Å²) >= 11 is 0. The Morgan fingerprint density at radius 1 is 1.19 bits per heavy atom. The number of urea groups is 1. The monoisotopic (exact) mass is 365 g/mol. The van der Waals surface area contributed by atoms with Gasteiger partial charge in [-0.25, -0.2) is 14.5 Å². The molecule has 9 nitrogen and oxygen atoms in total. The number of carbonyl (C=O) groups is 2. The molecule has 3 aromatic rings. The van der Waals surface area contributed by atoms with Gasteiger partial charge in [-0.05, 0) is 18.6 Å². The van der Waals surface area contributed by atoms with E-state index in [2.05, 4.69) is 20.5 Å². The predicted octanol–water partition coefficient (Wildman–Crippen LogP) is 1.36. The number of benzene rings is 1. The van der Waals surface area contributed by atoms with Gasteiger partial charge in [0, 0.05) is 18.8 Å². The molecule has 3 amide bonds. The largest absolute Gasteiger partial charge is 0.325 e. The lowest BCUT2D eigenvalue weighted by Crippen LogP contribution is -2.43. The van der Waals surface area contributed by atoms with E-state index < -0.39 is 11.6 Å². The minimum Gasteiger partial charge on any atom is -0.319 e. The van der Waals surface area contributed by atoms with Crippen molar-refractivity contribution in [3.63, 3.8) is 0 Å². The summed E-state index contributed by atoms with van der Waals surface area (Å²) in [6, 6.07) is 9.06. The second-order valence-corrected chi connectivity index (χ2v) is 6.42. The lowest BCUT2D eigenvalue weighted by Gasteiger charge is -2.23.